The molecule has 0 spiro atoms. The van der Waals surface area contributed by atoms with Gasteiger partial charge in [-0.25, -0.2) is 0 Å². The average Bonchev–Trinajstić information content (AvgIpc) is 3.53. The largest absolute Gasteiger partial charge is 0.497 e. The Morgan fingerprint density at radius 2 is 2.10 bits per heavy atom. The van der Waals surface area contributed by atoms with Gasteiger partial charge in [-0.15, -0.1) is 17.9 Å². The lowest BCUT2D eigenvalue weighted by Crippen LogP contribution is -2.48. The molecule has 1 saturated carbocycles. The van der Waals surface area contributed by atoms with Crippen molar-refractivity contribution in [1.82, 2.24) is 9.80 Å². The van der Waals surface area contributed by atoms with E-state index < -0.39 is 0 Å². The lowest BCUT2D eigenvalue weighted by molar-refractivity contribution is -0.142. The Hall–Kier alpha value is -2.80. The van der Waals surface area contributed by atoms with Crippen LogP contribution in [0.2, 0.25) is 0 Å². The van der Waals surface area contributed by atoms with Crippen molar-refractivity contribution in [2.24, 2.45) is 5.92 Å². The first-order valence-corrected chi connectivity index (χ1v) is 11.5. The van der Waals surface area contributed by atoms with Gasteiger partial charge >= 0.3 is 0 Å². The third-order valence-corrected chi connectivity index (χ3v) is 6.77. The van der Waals surface area contributed by atoms with Crippen LogP contribution in [0.15, 0.2) is 48.4 Å². The summed E-state index contributed by atoms with van der Waals surface area (Å²) in [5.74, 6) is 1.51. The van der Waals surface area contributed by atoms with Crippen molar-refractivity contribution in [3.8, 4) is 11.5 Å². The molecule has 0 unspecified atom stereocenters. The maximum atomic E-state index is 13.3. The molecule has 1 fully saturated rings. The molecule has 2 heterocycles. The number of rotatable bonds is 9. The van der Waals surface area contributed by atoms with Gasteiger partial charge in [-0.1, -0.05) is 12.1 Å². The molecule has 1 aromatic heterocycles. The van der Waals surface area contributed by atoms with Crippen LogP contribution in [0.3, 0.4) is 0 Å². The summed E-state index contributed by atoms with van der Waals surface area (Å²) in [4.78, 5) is 30.7. The van der Waals surface area contributed by atoms with Crippen LogP contribution in [0.4, 0.5) is 0 Å². The van der Waals surface area contributed by atoms with E-state index in [0.717, 1.165) is 30.6 Å². The fraction of sp³-hybridized carbons (Fsp3) is 0.417. The summed E-state index contributed by atoms with van der Waals surface area (Å²) in [6.45, 7) is 5.19. The molecule has 0 saturated heterocycles. The minimum atomic E-state index is -0.185. The number of methoxy groups -OCH3 is 1. The highest BCUT2D eigenvalue weighted by Gasteiger charge is 2.36. The van der Waals surface area contributed by atoms with Crippen molar-refractivity contribution in [2.75, 3.05) is 33.4 Å². The number of amides is 2. The first-order valence-electron chi connectivity index (χ1n) is 10.6. The number of fused-ring (bicyclic) bond motifs is 1. The Labute approximate surface area is 187 Å². The maximum absolute atomic E-state index is 13.3. The zero-order valence-electron chi connectivity index (χ0n) is 17.8. The number of thiophene rings is 1. The highest BCUT2D eigenvalue weighted by atomic mass is 32.1. The molecule has 0 N–H and O–H groups in total. The summed E-state index contributed by atoms with van der Waals surface area (Å²) >= 11 is 1.72. The molecule has 2 aromatic rings. The quantitative estimate of drug-likeness (QED) is 0.558. The lowest BCUT2D eigenvalue weighted by atomic mass is 10.0. The Balaban J connectivity index is 1.49. The van der Waals surface area contributed by atoms with Crippen molar-refractivity contribution in [3.05, 3.63) is 58.8 Å². The van der Waals surface area contributed by atoms with Gasteiger partial charge in [0, 0.05) is 30.0 Å². The van der Waals surface area contributed by atoms with Crippen molar-refractivity contribution in [3.63, 3.8) is 0 Å². The minimum absolute atomic E-state index is 0.0491. The third kappa shape index (κ3) is 4.93. The number of carbonyl (C=O) groups excluding carboxylic acids is 2. The van der Waals surface area contributed by atoms with Crippen LogP contribution in [-0.4, -0.2) is 55.0 Å². The van der Waals surface area contributed by atoms with Crippen LogP contribution in [0, 0.1) is 5.92 Å². The molecular weight excluding hydrogens is 412 g/mol. The molecule has 6 nitrogen and oxygen atoms in total. The predicted octanol–water partition coefficient (Wildman–Crippen LogP) is 3.69. The maximum Gasteiger partial charge on any atom is 0.242 e. The number of carbonyl (C=O) groups is 2. The molecule has 0 radical (unpaired) electrons. The van der Waals surface area contributed by atoms with Crippen LogP contribution in [0.5, 0.6) is 11.5 Å². The standard InChI is InChI=1S/C24H28N2O4S/c1-3-11-25(24(28)17-7-8-17)15-23(27)26-12-9-22-20(10-13-31-22)21(26)16-30-19-6-4-5-18(14-19)29-2/h3-6,10,13-14,17,21H,1,7-9,11-12,15-16H2,2H3/t21-/m1/s1. The van der Waals surface area contributed by atoms with Gasteiger partial charge in [-0.05, 0) is 48.4 Å². The summed E-state index contributed by atoms with van der Waals surface area (Å²) in [5.41, 5.74) is 1.14. The predicted molar refractivity (Wildman–Crippen MR) is 120 cm³/mol. The Kier molecular flexibility index (Phi) is 6.61. The highest BCUT2D eigenvalue weighted by molar-refractivity contribution is 7.10. The third-order valence-electron chi connectivity index (χ3n) is 5.78. The smallest absolute Gasteiger partial charge is 0.242 e. The summed E-state index contributed by atoms with van der Waals surface area (Å²) in [6, 6.07) is 9.36. The van der Waals surface area contributed by atoms with E-state index >= 15 is 0 Å². The average molecular weight is 441 g/mol. The monoisotopic (exact) mass is 440 g/mol. The Bertz CT molecular complexity index is 953. The molecule has 0 bridgehead atoms. The molecule has 1 aromatic carbocycles. The van der Waals surface area contributed by atoms with E-state index in [1.807, 2.05) is 29.2 Å². The molecule has 4 rings (SSSR count). The Morgan fingerprint density at radius 1 is 1.29 bits per heavy atom. The fourth-order valence-electron chi connectivity index (χ4n) is 3.97. The van der Waals surface area contributed by atoms with Gasteiger partial charge in [-0.2, -0.15) is 0 Å². The molecular formula is C24H28N2O4S. The molecule has 1 aliphatic carbocycles. The molecule has 31 heavy (non-hydrogen) atoms. The van der Waals surface area contributed by atoms with Crippen LogP contribution >= 0.6 is 11.3 Å². The summed E-state index contributed by atoms with van der Waals surface area (Å²) in [5, 5.41) is 2.07. The van der Waals surface area contributed by atoms with Gasteiger partial charge < -0.3 is 19.3 Å². The first kappa shape index (κ1) is 21.4. The Morgan fingerprint density at radius 3 is 2.84 bits per heavy atom. The van der Waals surface area contributed by atoms with Crippen LogP contribution in [0.1, 0.15) is 29.3 Å². The topological polar surface area (TPSA) is 59.1 Å². The summed E-state index contributed by atoms with van der Waals surface area (Å²) in [6.07, 6.45) is 4.34. The van der Waals surface area contributed by atoms with Gasteiger partial charge in [0.2, 0.25) is 11.8 Å². The number of ether oxygens (including phenoxy) is 2. The van der Waals surface area contributed by atoms with Crippen molar-refractivity contribution >= 4 is 23.2 Å². The highest BCUT2D eigenvalue weighted by Crippen LogP contribution is 2.35. The fourth-order valence-corrected chi connectivity index (χ4v) is 4.90. The molecule has 1 aliphatic heterocycles. The van der Waals surface area contributed by atoms with Gasteiger partial charge in [0.05, 0.1) is 13.2 Å². The van der Waals surface area contributed by atoms with Crippen LogP contribution in [-0.2, 0) is 16.0 Å². The second kappa shape index (κ2) is 9.56. The van der Waals surface area contributed by atoms with Crippen LogP contribution in [0.25, 0.3) is 0 Å². The van der Waals surface area contributed by atoms with Crippen molar-refractivity contribution < 1.29 is 19.1 Å². The van der Waals surface area contributed by atoms with Gasteiger partial charge in [-0.3, -0.25) is 9.59 Å². The normalized spacial score (nSPS) is 17.6. The van der Waals surface area contributed by atoms with Gasteiger partial charge in [0.1, 0.15) is 24.7 Å². The lowest BCUT2D eigenvalue weighted by Gasteiger charge is -2.37. The number of nitrogens with zero attached hydrogens (tertiary/aromatic N) is 2. The zero-order chi connectivity index (χ0) is 21.8. The molecule has 7 heteroatoms. The number of hydrogen-bond donors (Lipinski definition) is 0. The minimum Gasteiger partial charge on any atom is -0.497 e. The van der Waals surface area contributed by atoms with E-state index in [2.05, 4.69) is 18.0 Å². The van der Waals surface area contributed by atoms with E-state index in [1.54, 1.807) is 29.4 Å². The van der Waals surface area contributed by atoms with E-state index in [-0.39, 0.29) is 30.3 Å². The summed E-state index contributed by atoms with van der Waals surface area (Å²) < 4.78 is 11.4. The number of hydrogen-bond acceptors (Lipinski definition) is 5. The van der Waals surface area contributed by atoms with Crippen LogP contribution < -0.4 is 9.47 Å². The SMILES string of the molecule is C=CCN(CC(=O)N1CCc2sccc2[C@H]1COc1cccc(OC)c1)C(=O)C1CC1. The second-order valence-electron chi connectivity index (χ2n) is 7.92. The van der Waals surface area contributed by atoms with E-state index in [1.165, 1.54) is 4.88 Å². The summed E-state index contributed by atoms with van der Waals surface area (Å²) in [7, 11) is 1.62. The zero-order valence-corrected chi connectivity index (χ0v) is 18.6. The molecule has 2 aliphatic rings. The van der Waals surface area contributed by atoms with E-state index in [9.17, 15) is 9.59 Å². The number of benzene rings is 1. The molecule has 1 atom stereocenters. The van der Waals surface area contributed by atoms with Gasteiger partial charge in [0.15, 0.2) is 0 Å². The molecule has 164 valence electrons. The van der Waals surface area contributed by atoms with Gasteiger partial charge in [0.25, 0.3) is 0 Å². The van der Waals surface area contributed by atoms with E-state index in [4.69, 9.17) is 9.47 Å². The van der Waals surface area contributed by atoms with Crippen molar-refractivity contribution in [1.29, 1.82) is 0 Å². The van der Waals surface area contributed by atoms with Crippen molar-refractivity contribution in [2.45, 2.75) is 25.3 Å². The van der Waals surface area contributed by atoms with E-state index in [0.29, 0.717) is 25.4 Å². The second-order valence-corrected chi connectivity index (χ2v) is 8.92. The molecule has 2 amide bonds. The first-order chi connectivity index (χ1) is 15.1.